The van der Waals surface area contributed by atoms with Crippen LogP contribution in [0.3, 0.4) is 0 Å². The molecular formula is C13H17N3O. The Morgan fingerprint density at radius 1 is 1.35 bits per heavy atom. The number of nitrogens with zero attached hydrogens (tertiary/aromatic N) is 2. The fourth-order valence-corrected chi connectivity index (χ4v) is 1.55. The maximum absolute atomic E-state index is 11.8. The molecule has 0 aliphatic heterocycles. The van der Waals surface area contributed by atoms with Crippen molar-refractivity contribution in [1.82, 2.24) is 14.7 Å². The molecule has 0 radical (unpaired) electrons. The predicted molar refractivity (Wildman–Crippen MR) is 68.1 cm³/mol. The first-order valence-corrected chi connectivity index (χ1v) is 5.68. The molecule has 0 aliphatic carbocycles. The van der Waals surface area contributed by atoms with Gasteiger partial charge in [0.2, 0.25) is 0 Å². The Morgan fingerprint density at radius 3 is 2.82 bits per heavy atom. The Kier molecular flexibility index (Phi) is 2.98. The minimum absolute atomic E-state index is 0.0174. The molecule has 0 atom stereocenters. The van der Waals surface area contributed by atoms with E-state index >= 15 is 0 Å². The van der Waals surface area contributed by atoms with Gasteiger partial charge >= 0.3 is 0 Å². The fraction of sp³-hybridized carbons (Fsp3) is 0.385. The minimum atomic E-state index is -0.0405. The highest BCUT2D eigenvalue weighted by Gasteiger charge is 2.09. The Hall–Kier alpha value is -1.68. The van der Waals surface area contributed by atoms with Gasteiger partial charge in [-0.05, 0) is 32.9 Å². The lowest BCUT2D eigenvalue weighted by Crippen LogP contribution is -2.35. The maximum Gasteiger partial charge on any atom is 0.258 e. The molecule has 0 saturated carbocycles. The molecule has 0 saturated heterocycles. The van der Waals surface area contributed by atoms with Crippen LogP contribution in [0.5, 0.6) is 0 Å². The summed E-state index contributed by atoms with van der Waals surface area (Å²) in [7, 11) is 0. The van der Waals surface area contributed by atoms with Crippen molar-refractivity contribution in [2.45, 2.75) is 32.9 Å². The molecule has 0 unspecified atom stereocenters. The van der Waals surface area contributed by atoms with Crippen LogP contribution in [0.15, 0.2) is 35.3 Å². The monoisotopic (exact) mass is 231 g/mol. The molecule has 0 amide bonds. The summed E-state index contributed by atoms with van der Waals surface area (Å²) >= 11 is 0. The highest BCUT2D eigenvalue weighted by molar-refractivity contribution is 5.37. The highest BCUT2D eigenvalue weighted by Crippen LogP contribution is 2.02. The zero-order valence-electron chi connectivity index (χ0n) is 10.4. The van der Waals surface area contributed by atoms with Gasteiger partial charge in [-0.25, -0.2) is 4.98 Å². The van der Waals surface area contributed by atoms with Gasteiger partial charge in [0.1, 0.15) is 5.65 Å². The average molecular weight is 231 g/mol. The second kappa shape index (κ2) is 4.30. The number of hydrogen-bond acceptors (Lipinski definition) is 3. The van der Waals surface area contributed by atoms with E-state index in [-0.39, 0.29) is 11.1 Å². The van der Waals surface area contributed by atoms with Gasteiger partial charge in [-0.3, -0.25) is 9.20 Å². The van der Waals surface area contributed by atoms with E-state index in [0.717, 1.165) is 5.69 Å². The van der Waals surface area contributed by atoms with E-state index in [9.17, 15) is 4.79 Å². The van der Waals surface area contributed by atoms with Crippen molar-refractivity contribution in [3.8, 4) is 0 Å². The Labute approximate surface area is 100 Å². The van der Waals surface area contributed by atoms with Crippen LogP contribution in [0.1, 0.15) is 26.5 Å². The van der Waals surface area contributed by atoms with Crippen molar-refractivity contribution in [2.75, 3.05) is 0 Å². The van der Waals surface area contributed by atoms with Crippen molar-refractivity contribution in [1.29, 1.82) is 0 Å². The fourth-order valence-electron chi connectivity index (χ4n) is 1.55. The molecule has 0 aromatic carbocycles. The molecule has 0 spiro atoms. The van der Waals surface area contributed by atoms with Crippen LogP contribution in [-0.4, -0.2) is 14.9 Å². The number of aromatic nitrogens is 2. The molecule has 1 N–H and O–H groups in total. The molecule has 0 aliphatic rings. The molecule has 90 valence electrons. The summed E-state index contributed by atoms with van der Waals surface area (Å²) in [6, 6.07) is 7.11. The Morgan fingerprint density at radius 2 is 2.12 bits per heavy atom. The van der Waals surface area contributed by atoms with Crippen molar-refractivity contribution >= 4 is 5.65 Å². The first kappa shape index (κ1) is 11.8. The largest absolute Gasteiger partial charge is 0.306 e. The van der Waals surface area contributed by atoms with Crippen molar-refractivity contribution in [2.24, 2.45) is 0 Å². The lowest BCUT2D eigenvalue weighted by molar-refractivity contribution is 0.421. The summed E-state index contributed by atoms with van der Waals surface area (Å²) in [6.07, 6.45) is 1.73. The standard InChI is InChI=1S/C13H17N3O/c1-13(2,3)14-9-10-8-12(17)16-7-5-4-6-11(16)15-10/h4-8,14H,9H2,1-3H3. The summed E-state index contributed by atoms with van der Waals surface area (Å²) in [5, 5.41) is 3.32. The third kappa shape index (κ3) is 2.91. The van der Waals surface area contributed by atoms with Gasteiger partial charge < -0.3 is 5.32 Å². The second-order valence-electron chi connectivity index (χ2n) is 5.12. The third-order valence-corrected chi connectivity index (χ3v) is 2.42. The Bertz CT molecular complexity index is 581. The van der Waals surface area contributed by atoms with Gasteiger partial charge in [0.25, 0.3) is 5.56 Å². The van der Waals surface area contributed by atoms with Crippen molar-refractivity contribution in [3.63, 3.8) is 0 Å². The van der Waals surface area contributed by atoms with Crippen LogP contribution in [-0.2, 0) is 6.54 Å². The molecule has 17 heavy (non-hydrogen) atoms. The molecule has 2 rings (SSSR count). The molecule has 0 bridgehead atoms. The smallest absolute Gasteiger partial charge is 0.258 e. The van der Waals surface area contributed by atoms with E-state index in [1.807, 2.05) is 18.2 Å². The summed E-state index contributed by atoms with van der Waals surface area (Å²) in [6.45, 7) is 6.85. The van der Waals surface area contributed by atoms with E-state index in [1.165, 1.54) is 0 Å². The zero-order chi connectivity index (χ0) is 12.5. The molecule has 2 aromatic heterocycles. The van der Waals surface area contributed by atoms with Gasteiger partial charge in [0.15, 0.2) is 0 Å². The normalized spacial score (nSPS) is 11.9. The van der Waals surface area contributed by atoms with Crippen LogP contribution in [0.2, 0.25) is 0 Å². The van der Waals surface area contributed by atoms with Crippen molar-refractivity contribution < 1.29 is 0 Å². The molecule has 2 heterocycles. The number of pyridine rings is 1. The van der Waals surface area contributed by atoms with Gasteiger partial charge in [0.05, 0.1) is 5.69 Å². The van der Waals surface area contributed by atoms with Crippen LogP contribution in [0.25, 0.3) is 5.65 Å². The van der Waals surface area contributed by atoms with Crippen LogP contribution >= 0.6 is 0 Å². The number of fused-ring (bicyclic) bond motifs is 1. The second-order valence-corrected chi connectivity index (χ2v) is 5.12. The van der Waals surface area contributed by atoms with Gasteiger partial charge in [-0.1, -0.05) is 6.07 Å². The summed E-state index contributed by atoms with van der Waals surface area (Å²) in [5.41, 5.74) is 1.44. The van der Waals surface area contributed by atoms with E-state index in [0.29, 0.717) is 12.2 Å². The van der Waals surface area contributed by atoms with Crippen LogP contribution < -0.4 is 10.9 Å². The molecule has 2 aromatic rings. The molecule has 0 fully saturated rings. The summed E-state index contributed by atoms with van der Waals surface area (Å²) in [4.78, 5) is 16.3. The third-order valence-electron chi connectivity index (χ3n) is 2.42. The number of hydrogen-bond donors (Lipinski definition) is 1. The lowest BCUT2D eigenvalue weighted by Gasteiger charge is -2.20. The Balaban J connectivity index is 2.34. The maximum atomic E-state index is 11.8. The first-order valence-electron chi connectivity index (χ1n) is 5.68. The lowest BCUT2D eigenvalue weighted by atomic mass is 10.1. The zero-order valence-corrected chi connectivity index (χ0v) is 10.4. The van der Waals surface area contributed by atoms with Crippen LogP contribution in [0.4, 0.5) is 0 Å². The average Bonchev–Trinajstić information content (AvgIpc) is 2.26. The predicted octanol–water partition coefficient (Wildman–Crippen LogP) is 1.58. The van der Waals surface area contributed by atoms with Gasteiger partial charge in [-0.15, -0.1) is 0 Å². The summed E-state index contributed by atoms with van der Waals surface area (Å²) < 4.78 is 1.54. The minimum Gasteiger partial charge on any atom is -0.306 e. The number of rotatable bonds is 2. The topological polar surface area (TPSA) is 46.4 Å². The van der Waals surface area contributed by atoms with Crippen LogP contribution in [0, 0.1) is 0 Å². The van der Waals surface area contributed by atoms with E-state index in [4.69, 9.17) is 0 Å². The number of nitrogens with one attached hydrogen (secondary N) is 1. The first-order chi connectivity index (χ1) is 7.96. The van der Waals surface area contributed by atoms with Gasteiger partial charge in [0, 0.05) is 24.3 Å². The highest BCUT2D eigenvalue weighted by atomic mass is 16.1. The SMILES string of the molecule is CC(C)(C)NCc1cc(=O)n2ccccc2n1. The molecule has 4 nitrogen and oxygen atoms in total. The molecular weight excluding hydrogens is 214 g/mol. The molecule has 4 heteroatoms. The quantitative estimate of drug-likeness (QED) is 0.853. The summed E-state index contributed by atoms with van der Waals surface area (Å²) in [5.74, 6) is 0. The van der Waals surface area contributed by atoms with E-state index in [2.05, 4.69) is 31.1 Å². The van der Waals surface area contributed by atoms with E-state index < -0.39 is 0 Å². The van der Waals surface area contributed by atoms with Gasteiger partial charge in [-0.2, -0.15) is 0 Å². The van der Waals surface area contributed by atoms with Crippen molar-refractivity contribution in [3.05, 3.63) is 46.5 Å². The van der Waals surface area contributed by atoms with E-state index in [1.54, 1.807) is 16.7 Å².